The monoisotopic (exact) mass is 252 g/mol. The van der Waals surface area contributed by atoms with Gasteiger partial charge in [-0.1, -0.05) is 48.0 Å². The van der Waals surface area contributed by atoms with E-state index in [0.717, 1.165) is 11.3 Å². The Morgan fingerprint density at radius 2 is 1.67 bits per heavy atom. The van der Waals surface area contributed by atoms with Gasteiger partial charge in [0.1, 0.15) is 0 Å². The lowest BCUT2D eigenvalue weighted by Gasteiger charge is -2.00. The van der Waals surface area contributed by atoms with Gasteiger partial charge in [-0.3, -0.25) is 0 Å². The van der Waals surface area contributed by atoms with Gasteiger partial charge in [-0.25, -0.2) is 4.99 Å². The molecule has 0 aromatic heterocycles. The Kier molecular flexibility index (Phi) is 4.13. The average Bonchev–Trinajstić information content (AvgIpc) is 2.42. The van der Waals surface area contributed by atoms with Crippen molar-refractivity contribution in [3.8, 4) is 0 Å². The molecule has 2 aromatic rings. The highest BCUT2D eigenvalue weighted by molar-refractivity contribution is 7.78. The maximum Gasteiger partial charge on any atom is 0.170 e. The van der Waals surface area contributed by atoms with Gasteiger partial charge in [-0.05, 0) is 31.3 Å². The second-order valence-electron chi connectivity index (χ2n) is 3.84. The van der Waals surface area contributed by atoms with E-state index < -0.39 is 0 Å². The summed E-state index contributed by atoms with van der Waals surface area (Å²) in [6, 6.07) is 17.7. The molecular formula is C15H12N2S. The van der Waals surface area contributed by atoms with E-state index in [2.05, 4.69) is 27.4 Å². The van der Waals surface area contributed by atoms with Crippen LogP contribution in [0.25, 0.3) is 0 Å². The van der Waals surface area contributed by atoms with Crippen molar-refractivity contribution in [2.24, 2.45) is 9.98 Å². The lowest BCUT2D eigenvalue weighted by molar-refractivity contribution is 1.41. The van der Waals surface area contributed by atoms with E-state index in [1.54, 1.807) is 0 Å². The van der Waals surface area contributed by atoms with Crippen LogP contribution in [0.5, 0.6) is 0 Å². The average molecular weight is 252 g/mol. The summed E-state index contributed by atoms with van der Waals surface area (Å²) in [5, 5.41) is 2.38. The van der Waals surface area contributed by atoms with Crippen LogP contribution < -0.4 is 0 Å². The van der Waals surface area contributed by atoms with Crippen molar-refractivity contribution in [3.63, 3.8) is 0 Å². The van der Waals surface area contributed by atoms with E-state index in [0.29, 0.717) is 5.84 Å². The molecule has 0 aliphatic carbocycles. The van der Waals surface area contributed by atoms with Crippen LogP contribution in [0.4, 0.5) is 5.69 Å². The molecule has 2 aromatic carbocycles. The topological polar surface area (TPSA) is 24.7 Å². The molecule has 0 aliphatic heterocycles. The van der Waals surface area contributed by atoms with Crippen LogP contribution in [0.2, 0.25) is 0 Å². The van der Waals surface area contributed by atoms with Crippen LogP contribution in [0.15, 0.2) is 64.6 Å². The molecule has 18 heavy (non-hydrogen) atoms. The quantitative estimate of drug-likeness (QED) is 0.447. The van der Waals surface area contributed by atoms with Crippen LogP contribution >= 0.6 is 12.2 Å². The fourth-order valence-corrected chi connectivity index (χ4v) is 1.61. The van der Waals surface area contributed by atoms with Crippen molar-refractivity contribution in [3.05, 3.63) is 65.7 Å². The van der Waals surface area contributed by atoms with Crippen LogP contribution in [-0.4, -0.2) is 11.0 Å². The second-order valence-corrected chi connectivity index (χ2v) is 4.02. The largest absolute Gasteiger partial charge is 0.228 e. The van der Waals surface area contributed by atoms with Gasteiger partial charge < -0.3 is 0 Å². The van der Waals surface area contributed by atoms with Crippen molar-refractivity contribution in [1.82, 2.24) is 0 Å². The highest BCUT2D eigenvalue weighted by Crippen LogP contribution is 2.15. The number of benzene rings is 2. The van der Waals surface area contributed by atoms with E-state index in [1.807, 2.05) is 61.5 Å². The minimum absolute atomic E-state index is 0.578. The molecule has 0 saturated carbocycles. The van der Waals surface area contributed by atoms with Gasteiger partial charge in [0.25, 0.3) is 0 Å². The van der Waals surface area contributed by atoms with Crippen LogP contribution in [0, 0.1) is 6.92 Å². The number of aryl methyl sites for hydroxylation is 1. The summed E-state index contributed by atoms with van der Waals surface area (Å²) in [6.07, 6.45) is 0. The molecule has 0 N–H and O–H groups in total. The Morgan fingerprint density at radius 3 is 2.28 bits per heavy atom. The number of nitrogens with zero attached hydrogens (tertiary/aromatic N) is 2. The SMILES string of the molecule is Cc1ccc(N=C(N=C=S)c2ccccc2)cc1. The normalized spacial score (nSPS) is 10.8. The zero-order valence-corrected chi connectivity index (χ0v) is 10.8. The Bertz CT molecular complexity index is 594. The predicted molar refractivity (Wildman–Crippen MR) is 78.8 cm³/mol. The summed E-state index contributed by atoms with van der Waals surface area (Å²) >= 11 is 4.67. The van der Waals surface area contributed by atoms with Gasteiger partial charge in [0.15, 0.2) is 5.84 Å². The molecular weight excluding hydrogens is 240 g/mol. The molecule has 3 heteroatoms. The summed E-state index contributed by atoms with van der Waals surface area (Å²) in [5.41, 5.74) is 2.98. The molecule has 0 aliphatic rings. The zero-order valence-electron chi connectivity index (χ0n) is 10.00. The Hall–Kier alpha value is -2.09. The number of amidine groups is 1. The zero-order chi connectivity index (χ0) is 12.8. The second kappa shape index (κ2) is 6.01. The summed E-state index contributed by atoms with van der Waals surface area (Å²) < 4.78 is 0. The van der Waals surface area contributed by atoms with Gasteiger partial charge in [-0.2, -0.15) is 4.99 Å². The molecule has 0 fully saturated rings. The Balaban J connectivity index is 2.42. The van der Waals surface area contributed by atoms with Crippen LogP contribution in [-0.2, 0) is 0 Å². The summed E-state index contributed by atoms with van der Waals surface area (Å²) in [6.45, 7) is 2.04. The van der Waals surface area contributed by atoms with Crippen molar-refractivity contribution in [1.29, 1.82) is 0 Å². The summed E-state index contributed by atoms with van der Waals surface area (Å²) in [5.74, 6) is 0.578. The maximum absolute atomic E-state index is 4.67. The smallest absolute Gasteiger partial charge is 0.170 e. The molecule has 2 rings (SSSR count). The molecule has 88 valence electrons. The Morgan fingerprint density at radius 1 is 1.00 bits per heavy atom. The van der Waals surface area contributed by atoms with E-state index in [9.17, 15) is 0 Å². The van der Waals surface area contributed by atoms with E-state index in [4.69, 9.17) is 0 Å². The highest BCUT2D eigenvalue weighted by atomic mass is 32.1. The molecule has 0 bridgehead atoms. The van der Waals surface area contributed by atoms with Gasteiger partial charge in [0.2, 0.25) is 0 Å². The van der Waals surface area contributed by atoms with Crippen molar-refractivity contribution >= 4 is 28.9 Å². The third kappa shape index (κ3) is 3.20. The van der Waals surface area contributed by atoms with E-state index in [-0.39, 0.29) is 0 Å². The number of hydrogen-bond acceptors (Lipinski definition) is 2. The number of rotatable bonds is 2. The predicted octanol–water partition coefficient (Wildman–Crippen LogP) is 4.18. The summed E-state index contributed by atoms with van der Waals surface area (Å²) in [4.78, 5) is 8.51. The van der Waals surface area contributed by atoms with Gasteiger partial charge >= 0.3 is 0 Å². The molecule has 0 saturated heterocycles. The van der Waals surface area contributed by atoms with E-state index >= 15 is 0 Å². The third-order valence-corrected chi connectivity index (χ3v) is 2.54. The molecule has 0 radical (unpaired) electrons. The summed E-state index contributed by atoms with van der Waals surface area (Å²) in [7, 11) is 0. The van der Waals surface area contributed by atoms with Gasteiger partial charge in [-0.15, -0.1) is 0 Å². The first-order valence-corrected chi connectivity index (χ1v) is 5.99. The minimum Gasteiger partial charge on any atom is -0.228 e. The van der Waals surface area contributed by atoms with Crippen molar-refractivity contribution < 1.29 is 0 Å². The third-order valence-electron chi connectivity index (χ3n) is 2.45. The fraction of sp³-hybridized carbons (Fsp3) is 0.0667. The number of thiocarbonyl (C=S) groups is 1. The standard InChI is InChI=1S/C15H12N2S/c1-12-7-9-14(10-8-12)17-15(16-11-18)13-5-3-2-4-6-13/h2-10H,1H3. The Labute approximate surface area is 112 Å². The van der Waals surface area contributed by atoms with Crippen molar-refractivity contribution in [2.75, 3.05) is 0 Å². The minimum atomic E-state index is 0.578. The van der Waals surface area contributed by atoms with Gasteiger partial charge in [0, 0.05) is 5.56 Å². The van der Waals surface area contributed by atoms with Crippen LogP contribution in [0.1, 0.15) is 11.1 Å². The molecule has 2 nitrogen and oxygen atoms in total. The van der Waals surface area contributed by atoms with Crippen LogP contribution in [0.3, 0.4) is 0 Å². The molecule has 0 amide bonds. The molecule has 0 heterocycles. The van der Waals surface area contributed by atoms with Gasteiger partial charge in [0.05, 0.1) is 10.8 Å². The van der Waals surface area contributed by atoms with Crippen molar-refractivity contribution in [2.45, 2.75) is 6.92 Å². The first-order valence-electron chi connectivity index (χ1n) is 5.58. The number of aliphatic imine (C=N–C) groups is 2. The molecule has 0 spiro atoms. The number of hydrogen-bond donors (Lipinski definition) is 0. The lowest BCUT2D eigenvalue weighted by Crippen LogP contribution is -1.95. The first-order chi connectivity index (χ1) is 8.79. The highest BCUT2D eigenvalue weighted by Gasteiger charge is 2.00. The maximum atomic E-state index is 4.67. The molecule has 0 unspecified atom stereocenters. The van der Waals surface area contributed by atoms with E-state index in [1.165, 1.54) is 5.56 Å². The first kappa shape index (κ1) is 12.4. The molecule has 0 atom stereocenters. The lowest BCUT2D eigenvalue weighted by atomic mass is 10.2. The fourth-order valence-electron chi connectivity index (χ4n) is 1.53. The number of isothiocyanates is 1.